The van der Waals surface area contributed by atoms with Gasteiger partial charge in [0, 0.05) is 11.8 Å². The van der Waals surface area contributed by atoms with Crippen molar-refractivity contribution in [1.82, 2.24) is 4.98 Å². The summed E-state index contributed by atoms with van der Waals surface area (Å²) >= 11 is 18.6. The molecule has 0 aliphatic carbocycles. The average molecular weight is 667 g/mol. The van der Waals surface area contributed by atoms with Gasteiger partial charge >= 0.3 is 12.1 Å². The van der Waals surface area contributed by atoms with E-state index in [1.54, 1.807) is 20.8 Å². The van der Waals surface area contributed by atoms with E-state index in [9.17, 15) is 19.5 Å². The highest BCUT2D eigenvalue weighted by molar-refractivity contribution is 7.09. The predicted octanol–water partition coefficient (Wildman–Crippen LogP) is 7.80. The van der Waals surface area contributed by atoms with Gasteiger partial charge in [-0.15, -0.1) is 11.3 Å². The first-order valence-corrected chi connectivity index (χ1v) is 16.0. The standard InChI is InChI=1S/C30H42Cl3NO7S/c1-17-9-8-10-18(2)26(41-28(38)39-16-30(31,32)33)20(4)27(37)29(6,7)24(35)14-25(36)40-23(12-11-17)19(3)13-22-15-42-21(5)34-22/h11,13,15,18,20,23-24,26,35H,8-10,12,14,16H2,1-7H3/b17-11-,19-13+/t18-,20+,23-,24-,26-/m0/s1. The molecule has 8 nitrogen and oxygen atoms in total. The Labute approximate surface area is 267 Å². The summed E-state index contributed by atoms with van der Waals surface area (Å²) in [7, 11) is 0. The normalized spacial score (nSPS) is 28.4. The van der Waals surface area contributed by atoms with Crippen molar-refractivity contribution in [2.24, 2.45) is 17.3 Å². The van der Waals surface area contributed by atoms with Crippen LogP contribution in [0.5, 0.6) is 0 Å². The number of hydrogen-bond acceptors (Lipinski definition) is 9. The highest BCUT2D eigenvalue weighted by Gasteiger charge is 2.44. The van der Waals surface area contributed by atoms with E-state index in [2.05, 4.69) is 4.98 Å². The van der Waals surface area contributed by atoms with Gasteiger partial charge in [0.2, 0.25) is 3.79 Å². The number of aliphatic hydroxyl groups excluding tert-OH is 1. The van der Waals surface area contributed by atoms with E-state index in [1.807, 2.05) is 45.2 Å². The summed E-state index contributed by atoms with van der Waals surface area (Å²) in [5.74, 6) is -2.06. The van der Waals surface area contributed by atoms with Crippen LogP contribution in [0.15, 0.2) is 22.6 Å². The second kappa shape index (κ2) is 15.9. The molecule has 0 amide bonds. The molecule has 5 atom stereocenters. The van der Waals surface area contributed by atoms with Crippen molar-refractivity contribution in [2.45, 2.75) is 103 Å². The summed E-state index contributed by atoms with van der Waals surface area (Å²) in [5.41, 5.74) is 1.37. The molecule has 1 aromatic heterocycles. The van der Waals surface area contributed by atoms with Gasteiger partial charge in [-0.1, -0.05) is 74.1 Å². The zero-order chi connectivity index (χ0) is 31.8. The maximum Gasteiger partial charge on any atom is 0.508 e. The number of alkyl halides is 3. The smallest absolute Gasteiger partial charge is 0.457 e. The van der Waals surface area contributed by atoms with E-state index >= 15 is 0 Å². The van der Waals surface area contributed by atoms with Crippen molar-refractivity contribution in [1.29, 1.82) is 0 Å². The van der Waals surface area contributed by atoms with Crippen LogP contribution in [0.25, 0.3) is 6.08 Å². The lowest BCUT2D eigenvalue weighted by Crippen LogP contribution is -2.47. The number of aromatic nitrogens is 1. The van der Waals surface area contributed by atoms with Crippen LogP contribution in [0, 0.1) is 24.2 Å². The largest absolute Gasteiger partial charge is 0.508 e. The summed E-state index contributed by atoms with van der Waals surface area (Å²) < 4.78 is 14.6. The molecule has 0 unspecified atom stereocenters. The third kappa shape index (κ3) is 11.5. The van der Waals surface area contributed by atoms with Crippen LogP contribution in [0.2, 0.25) is 0 Å². The minimum Gasteiger partial charge on any atom is -0.457 e. The van der Waals surface area contributed by atoms with Gasteiger partial charge < -0.3 is 19.3 Å². The van der Waals surface area contributed by atoms with E-state index in [0.717, 1.165) is 34.7 Å². The molecule has 2 rings (SSSR count). The first kappa shape index (κ1) is 36.5. The first-order valence-electron chi connectivity index (χ1n) is 14.0. The van der Waals surface area contributed by atoms with Crippen molar-refractivity contribution >= 4 is 70.1 Å². The second-order valence-corrected chi connectivity index (χ2v) is 15.2. The lowest BCUT2D eigenvalue weighted by atomic mass is 9.73. The molecule has 0 fully saturated rings. The number of carbonyl (C=O) groups excluding carboxylic acids is 3. The summed E-state index contributed by atoms with van der Waals surface area (Å²) in [4.78, 5) is 43.7. The maximum atomic E-state index is 13.7. The molecule has 1 aromatic rings. The number of Topliss-reactive ketones (excluding diaryl/α,β-unsaturated/α-hetero) is 1. The molecule has 0 saturated carbocycles. The van der Waals surface area contributed by atoms with Crippen molar-refractivity contribution in [3.8, 4) is 0 Å². The quantitative estimate of drug-likeness (QED) is 0.197. The highest BCUT2D eigenvalue weighted by Crippen LogP contribution is 2.34. The number of hydrogen-bond donors (Lipinski definition) is 1. The molecule has 1 N–H and O–H groups in total. The third-order valence-electron chi connectivity index (χ3n) is 7.59. The number of carbonyl (C=O) groups is 3. The highest BCUT2D eigenvalue weighted by atomic mass is 35.6. The monoisotopic (exact) mass is 665 g/mol. The lowest BCUT2D eigenvalue weighted by molar-refractivity contribution is -0.154. The average Bonchev–Trinajstić information content (AvgIpc) is 3.30. The van der Waals surface area contributed by atoms with Crippen molar-refractivity contribution in [2.75, 3.05) is 6.61 Å². The van der Waals surface area contributed by atoms with E-state index in [0.29, 0.717) is 12.8 Å². The Morgan fingerprint density at radius 3 is 2.52 bits per heavy atom. The number of ketones is 1. The Bertz CT molecular complexity index is 1160. The van der Waals surface area contributed by atoms with Crippen LogP contribution < -0.4 is 0 Å². The summed E-state index contributed by atoms with van der Waals surface area (Å²) in [5, 5.41) is 14.0. The molecule has 0 saturated heterocycles. The number of ether oxygens (including phenoxy) is 3. The number of aryl methyl sites for hydroxylation is 1. The number of nitrogens with zero attached hydrogens (tertiary/aromatic N) is 1. The number of esters is 1. The fraction of sp³-hybridized carbons (Fsp3) is 0.667. The topological polar surface area (TPSA) is 112 Å². The van der Waals surface area contributed by atoms with Crippen LogP contribution in [0.4, 0.5) is 4.79 Å². The van der Waals surface area contributed by atoms with Crippen LogP contribution >= 0.6 is 46.1 Å². The molecule has 0 spiro atoms. The van der Waals surface area contributed by atoms with E-state index < -0.39 is 52.2 Å². The van der Waals surface area contributed by atoms with Gasteiger partial charge in [-0.25, -0.2) is 9.78 Å². The Hall–Kier alpha value is -1.65. The third-order valence-corrected chi connectivity index (χ3v) is 8.71. The fourth-order valence-electron chi connectivity index (χ4n) is 4.89. The van der Waals surface area contributed by atoms with Crippen LogP contribution in [0.1, 0.15) is 84.3 Å². The number of aliphatic hydroxyl groups is 1. The van der Waals surface area contributed by atoms with Gasteiger partial charge in [0.25, 0.3) is 0 Å². The van der Waals surface area contributed by atoms with Gasteiger partial charge in [0.05, 0.1) is 34.6 Å². The molecule has 0 radical (unpaired) electrons. The molecule has 0 bridgehead atoms. The van der Waals surface area contributed by atoms with E-state index in [4.69, 9.17) is 49.0 Å². The van der Waals surface area contributed by atoms with Crippen LogP contribution in [-0.2, 0) is 23.8 Å². The minimum atomic E-state index is -1.82. The Kier molecular flexibility index (Phi) is 13.8. The molecule has 12 heteroatoms. The minimum absolute atomic E-state index is 0.234. The van der Waals surface area contributed by atoms with Gasteiger partial charge in [0.1, 0.15) is 24.6 Å². The SMILES string of the molecule is C/C1=C/C[C@@H](/C(C)=C/c2csc(C)n2)OC(=O)C[C@H](O)C(C)(C)C(=O)[C@H](C)[C@@H](OC(=O)OCC(Cl)(Cl)Cl)[C@@H](C)CCC1. The molecule has 236 valence electrons. The van der Waals surface area contributed by atoms with Gasteiger partial charge in [-0.05, 0) is 57.6 Å². The molecule has 1 aliphatic rings. The summed E-state index contributed by atoms with van der Waals surface area (Å²) in [6.45, 7) is 12.0. The number of allylic oxidation sites excluding steroid dienone is 1. The molecular formula is C30H42Cl3NO7S. The Morgan fingerprint density at radius 2 is 1.93 bits per heavy atom. The van der Waals surface area contributed by atoms with Crippen LogP contribution in [0.3, 0.4) is 0 Å². The maximum absolute atomic E-state index is 13.7. The van der Waals surface area contributed by atoms with Crippen molar-refractivity contribution in [3.05, 3.63) is 33.3 Å². The lowest BCUT2D eigenvalue weighted by Gasteiger charge is -2.36. The number of cyclic esters (lactones) is 1. The first-order chi connectivity index (χ1) is 19.4. The van der Waals surface area contributed by atoms with Gasteiger partial charge in [0.15, 0.2) is 0 Å². The zero-order valence-corrected chi connectivity index (χ0v) is 28.3. The Balaban J connectivity index is 2.35. The second-order valence-electron chi connectivity index (χ2n) is 11.6. The number of halogens is 3. The zero-order valence-electron chi connectivity index (χ0n) is 25.2. The van der Waals surface area contributed by atoms with E-state index in [-0.39, 0.29) is 18.1 Å². The molecule has 1 aliphatic heterocycles. The summed E-state index contributed by atoms with van der Waals surface area (Å²) in [6, 6.07) is 0. The molecular weight excluding hydrogens is 625 g/mol. The van der Waals surface area contributed by atoms with Crippen LogP contribution in [-0.4, -0.2) is 56.7 Å². The van der Waals surface area contributed by atoms with Crippen molar-refractivity contribution in [3.63, 3.8) is 0 Å². The van der Waals surface area contributed by atoms with Crippen molar-refractivity contribution < 1.29 is 33.7 Å². The van der Waals surface area contributed by atoms with Gasteiger partial charge in [-0.3, -0.25) is 9.59 Å². The molecule has 0 aromatic carbocycles. The van der Waals surface area contributed by atoms with E-state index in [1.165, 1.54) is 11.3 Å². The molecule has 42 heavy (non-hydrogen) atoms. The number of rotatable bonds is 4. The number of thiazole rings is 1. The fourth-order valence-corrected chi connectivity index (χ4v) is 5.63. The summed E-state index contributed by atoms with van der Waals surface area (Å²) in [6.07, 6.45) is 2.35. The Morgan fingerprint density at radius 1 is 1.26 bits per heavy atom. The van der Waals surface area contributed by atoms with Gasteiger partial charge in [-0.2, -0.15) is 0 Å². The predicted molar refractivity (Wildman–Crippen MR) is 167 cm³/mol. The molecule has 2 heterocycles.